The number of piperidine rings is 1. The molecule has 1 aliphatic heterocycles. The number of thiazole rings is 1. The summed E-state index contributed by atoms with van der Waals surface area (Å²) in [6, 6.07) is 0.673. The van der Waals surface area contributed by atoms with Crippen molar-refractivity contribution >= 4 is 11.3 Å². The van der Waals surface area contributed by atoms with Crippen LogP contribution >= 0.6 is 11.3 Å². The fourth-order valence-corrected chi connectivity index (χ4v) is 3.15. The quantitative estimate of drug-likeness (QED) is 0.872. The van der Waals surface area contributed by atoms with Crippen molar-refractivity contribution < 1.29 is 0 Å². The molecular formula is C13H22N2S. The molecule has 0 aliphatic carbocycles. The molecule has 0 bridgehead atoms. The second kappa shape index (κ2) is 5.78. The second-order valence-corrected chi connectivity index (χ2v) is 6.12. The molecule has 1 N–H and O–H groups in total. The Bertz CT molecular complexity index is 313. The van der Waals surface area contributed by atoms with E-state index in [2.05, 4.69) is 24.5 Å². The Balaban J connectivity index is 1.86. The molecule has 1 saturated heterocycles. The number of nitrogens with one attached hydrogen (secondary N) is 1. The zero-order valence-corrected chi connectivity index (χ0v) is 11.1. The Morgan fingerprint density at radius 1 is 1.50 bits per heavy atom. The van der Waals surface area contributed by atoms with E-state index in [1.54, 1.807) is 0 Å². The van der Waals surface area contributed by atoms with E-state index in [9.17, 15) is 0 Å². The highest BCUT2D eigenvalue weighted by molar-refractivity contribution is 7.09. The third-order valence-corrected chi connectivity index (χ3v) is 3.97. The lowest BCUT2D eigenvalue weighted by atomic mass is 10.0. The van der Waals surface area contributed by atoms with E-state index in [1.807, 2.05) is 11.3 Å². The predicted molar refractivity (Wildman–Crippen MR) is 70.0 cm³/mol. The van der Waals surface area contributed by atoms with Gasteiger partial charge in [-0.15, -0.1) is 11.3 Å². The van der Waals surface area contributed by atoms with E-state index >= 15 is 0 Å². The average molecular weight is 238 g/mol. The van der Waals surface area contributed by atoms with Crippen LogP contribution < -0.4 is 5.32 Å². The smallest absolute Gasteiger partial charge is 0.0943 e. The van der Waals surface area contributed by atoms with E-state index in [0.717, 1.165) is 12.8 Å². The minimum absolute atomic E-state index is 0.673. The Hall–Kier alpha value is -0.410. The van der Waals surface area contributed by atoms with Gasteiger partial charge in [-0.3, -0.25) is 0 Å². The van der Waals surface area contributed by atoms with Crippen molar-refractivity contribution in [3.63, 3.8) is 0 Å². The lowest BCUT2D eigenvalue weighted by molar-refractivity contribution is 0.399. The van der Waals surface area contributed by atoms with Gasteiger partial charge >= 0.3 is 0 Å². The minimum Gasteiger partial charge on any atom is -0.314 e. The molecule has 0 amide bonds. The Kier molecular flexibility index (Phi) is 4.36. The third kappa shape index (κ3) is 3.56. The van der Waals surface area contributed by atoms with Crippen molar-refractivity contribution in [1.29, 1.82) is 0 Å². The van der Waals surface area contributed by atoms with Crippen molar-refractivity contribution in [1.82, 2.24) is 10.3 Å². The van der Waals surface area contributed by atoms with Gasteiger partial charge in [-0.1, -0.05) is 20.3 Å². The number of rotatable bonds is 4. The van der Waals surface area contributed by atoms with Crippen LogP contribution in [0.25, 0.3) is 0 Å². The standard InChI is InChI=1S/C13H22N2S/c1-10(2)7-12-9-16-13(15-12)8-11-5-3-4-6-14-11/h9-11,14H,3-8H2,1-2H3. The van der Waals surface area contributed by atoms with Gasteiger partial charge in [0.15, 0.2) is 0 Å². The molecule has 16 heavy (non-hydrogen) atoms. The lowest BCUT2D eigenvalue weighted by Crippen LogP contribution is -2.35. The molecule has 0 radical (unpaired) electrons. The Morgan fingerprint density at radius 3 is 3.06 bits per heavy atom. The molecular weight excluding hydrogens is 216 g/mol. The van der Waals surface area contributed by atoms with E-state index in [4.69, 9.17) is 4.98 Å². The molecule has 1 aliphatic rings. The predicted octanol–water partition coefficient (Wildman–Crippen LogP) is 3.03. The average Bonchev–Trinajstić information content (AvgIpc) is 2.66. The first kappa shape index (κ1) is 12.1. The third-order valence-electron chi connectivity index (χ3n) is 3.05. The molecule has 1 aromatic rings. The van der Waals surface area contributed by atoms with Crippen LogP contribution in [0.1, 0.15) is 43.8 Å². The molecule has 0 spiro atoms. The van der Waals surface area contributed by atoms with Crippen molar-refractivity contribution in [2.24, 2.45) is 5.92 Å². The highest BCUT2D eigenvalue weighted by Crippen LogP contribution is 2.18. The maximum atomic E-state index is 4.72. The van der Waals surface area contributed by atoms with Gasteiger partial charge in [-0.2, -0.15) is 0 Å². The fourth-order valence-electron chi connectivity index (χ4n) is 2.26. The van der Waals surface area contributed by atoms with Crippen LogP contribution in [0.5, 0.6) is 0 Å². The highest BCUT2D eigenvalue weighted by Gasteiger charge is 2.14. The minimum atomic E-state index is 0.673. The Morgan fingerprint density at radius 2 is 2.38 bits per heavy atom. The first-order valence-corrected chi connectivity index (χ1v) is 7.28. The van der Waals surface area contributed by atoms with Crippen LogP contribution in [0, 0.1) is 5.92 Å². The monoisotopic (exact) mass is 238 g/mol. The van der Waals surface area contributed by atoms with Gasteiger partial charge in [-0.25, -0.2) is 4.98 Å². The van der Waals surface area contributed by atoms with Gasteiger partial charge in [0.05, 0.1) is 10.7 Å². The topological polar surface area (TPSA) is 24.9 Å². The summed E-state index contributed by atoms with van der Waals surface area (Å²) in [5, 5.41) is 7.13. The Labute approximate surface area is 102 Å². The fraction of sp³-hybridized carbons (Fsp3) is 0.769. The van der Waals surface area contributed by atoms with Gasteiger partial charge in [0.2, 0.25) is 0 Å². The lowest BCUT2D eigenvalue weighted by Gasteiger charge is -2.22. The summed E-state index contributed by atoms with van der Waals surface area (Å²) < 4.78 is 0. The maximum absolute atomic E-state index is 4.72. The highest BCUT2D eigenvalue weighted by atomic mass is 32.1. The summed E-state index contributed by atoms with van der Waals surface area (Å²) in [6.07, 6.45) is 6.28. The summed E-state index contributed by atoms with van der Waals surface area (Å²) in [7, 11) is 0. The van der Waals surface area contributed by atoms with Gasteiger partial charge in [0, 0.05) is 17.8 Å². The maximum Gasteiger partial charge on any atom is 0.0943 e. The van der Waals surface area contributed by atoms with Crippen LogP contribution in [0.4, 0.5) is 0 Å². The molecule has 2 heterocycles. The molecule has 0 aromatic carbocycles. The summed E-state index contributed by atoms with van der Waals surface area (Å²) in [6.45, 7) is 5.69. The van der Waals surface area contributed by atoms with E-state index in [1.165, 1.54) is 36.5 Å². The molecule has 1 unspecified atom stereocenters. The van der Waals surface area contributed by atoms with Crippen molar-refractivity contribution in [2.45, 2.75) is 52.0 Å². The molecule has 1 atom stereocenters. The van der Waals surface area contributed by atoms with Crippen LogP contribution in [-0.4, -0.2) is 17.6 Å². The summed E-state index contributed by atoms with van der Waals surface area (Å²) in [5.41, 5.74) is 1.28. The number of hydrogen-bond acceptors (Lipinski definition) is 3. The van der Waals surface area contributed by atoms with Crippen molar-refractivity contribution in [3.8, 4) is 0 Å². The first-order chi connectivity index (χ1) is 7.74. The number of hydrogen-bond donors (Lipinski definition) is 1. The zero-order chi connectivity index (χ0) is 11.4. The van der Waals surface area contributed by atoms with Gasteiger partial charge < -0.3 is 5.32 Å². The number of aromatic nitrogens is 1. The van der Waals surface area contributed by atoms with E-state index < -0.39 is 0 Å². The largest absolute Gasteiger partial charge is 0.314 e. The van der Waals surface area contributed by atoms with Crippen molar-refractivity contribution in [2.75, 3.05) is 6.54 Å². The van der Waals surface area contributed by atoms with Gasteiger partial charge in [-0.05, 0) is 31.7 Å². The molecule has 2 rings (SSSR count). The molecule has 90 valence electrons. The molecule has 1 aromatic heterocycles. The van der Waals surface area contributed by atoms with Crippen molar-refractivity contribution in [3.05, 3.63) is 16.1 Å². The van der Waals surface area contributed by atoms with Crippen LogP contribution in [0.2, 0.25) is 0 Å². The summed E-state index contributed by atoms with van der Waals surface area (Å²) in [5.74, 6) is 0.711. The van der Waals surface area contributed by atoms with Gasteiger partial charge in [0.1, 0.15) is 0 Å². The first-order valence-electron chi connectivity index (χ1n) is 6.40. The van der Waals surface area contributed by atoms with Gasteiger partial charge in [0.25, 0.3) is 0 Å². The van der Waals surface area contributed by atoms with E-state index in [-0.39, 0.29) is 0 Å². The summed E-state index contributed by atoms with van der Waals surface area (Å²) in [4.78, 5) is 4.72. The molecule has 1 fully saturated rings. The van der Waals surface area contributed by atoms with Crippen LogP contribution in [0.3, 0.4) is 0 Å². The number of nitrogens with zero attached hydrogens (tertiary/aromatic N) is 1. The molecule has 2 nitrogen and oxygen atoms in total. The zero-order valence-electron chi connectivity index (χ0n) is 10.3. The normalized spacial score (nSPS) is 21.6. The van der Waals surface area contributed by atoms with Crippen LogP contribution in [0.15, 0.2) is 5.38 Å². The van der Waals surface area contributed by atoms with Crippen LogP contribution in [-0.2, 0) is 12.8 Å². The SMILES string of the molecule is CC(C)Cc1csc(CC2CCCCN2)n1. The second-order valence-electron chi connectivity index (χ2n) is 5.18. The summed E-state index contributed by atoms with van der Waals surface area (Å²) >= 11 is 1.83. The molecule has 0 saturated carbocycles. The molecule has 3 heteroatoms. The van der Waals surface area contributed by atoms with E-state index in [0.29, 0.717) is 12.0 Å².